The number of furan rings is 1. The Morgan fingerprint density at radius 1 is 1.30 bits per heavy atom. The third-order valence-corrected chi connectivity index (χ3v) is 3.95. The highest BCUT2D eigenvalue weighted by Gasteiger charge is 2.28. The first-order chi connectivity index (χ1) is 11.3. The van der Waals surface area contributed by atoms with E-state index in [-0.39, 0.29) is 11.9 Å². The van der Waals surface area contributed by atoms with Crippen molar-refractivity contribution in [2.75, 3.05) is 19.6 Å². The minimum atomic E-state index is -0.0662. The van der Waals surface area contributed by atoms with Crippen LogP contribution in [0.15, 0.2) is 46.9 Å². The highest BCUT2D eigenvalue weighted by molar-refractivity contribution is 5.92. The fourth-order valence-corrected chi connectivity index (χ4v) is 2.83. The van der Waals surface area contributed by atoms with Gasteiger partial charge in [0.05, 0.1) is 0 Å². The van der Waals surface area contributed by atoms with E-state index in [1.54, 1.807) is 12.1 Å². The topological polar surface area (TPSA) is 54.7 Å². The van der Waals surface area contributed by atoms with Gasteiger partial charge in [0.2, 0.25) is 0 Å². The van der Waals surface area contributed by atoms with Gasteiger partial charge in [-0.1, -0.05) is 25.1 Å². The van der Waals surface area contributed by atoms with E-state index in [0.717, 1.165) is 32.5 Å². The molecule has 1 aromatic carbocycles. The molecular weight excluding hydrogens is 292 g/mol. The Morgan fingerprint density at radius 3 is 2.83 bits per heavy atom. The number of carbonyl (C=O) groups excluding carboxylic acids is 1. The number of para-hydroxylation sites is 1. The van der Waals surface area contributed by atoms with E-state index in [9.17, 15) is 4.79 Å². The van der Waals surface area contributed by atoms with Gasteiger partial charge in [-0.15, -0.1) is 0 Å². The van der Waals surface area contributed by atoms with Gasteiger partial charge in [0.25, 0.3) is 11.9 Å². The molecule has 2 heterocycles. The Balaban J connectivity index is 1.71. The van der Waals surface area contributed by atoms with E-state index in [1.807, 2.05) is 35.2 Å². The van der Waals surface area contributed by atoms with E-state index in [2.05, 4.69) is 12.2 Å². The Morgan fingerprint density at radius 2 is 2.13 bits per heavy atom. The molecule has 122 valence electrons. The average molecular weight is 314 g/mol. The Hall–Kier alpha value is -2.27. The quantitative estimate of drug-likeness (QED) is 0.889. The summed E-state index contributed by atoms with van der Waals surface area (Å²) in [6.45, 7) is 4.62. The van der Waals surface area contributed by atoms with Gasteiger partial charge in [-0.3, -0.25) is 4.79 Å². The van der Waals surface area contributed by atoms with Gasteiger partial charge >= 0.3 is 0 Å². The highest BCUT2D eigenvalue weighted by Crippen LogP contribution is 2.25. The Kier molecular flexibility index (Phi) is 4.98. The van der Waals surface area contributed by atoms with Crippen LogP contribution in [0.2, 0.25) is 0 Å². The third-order valence-electron chi connectivity index (χ3n) is 3.95. The molecule has 1 atom stereocenters. The van der Waals surface area contributed by atoms with Gasteiger partial charge in [0.15, 0.2) is 5.76 Å². The van der Waals surface area contributed by atoms with Crippen molar-refractivity contribution in [3.63, 3.8) is 0 Å². The predicted octanol–water partition coefficient (Wildman–Crippen LogP) is 3.29. The maximum atomic E-state index is 12.7. The van der Waals surface area contributed by atoms with Crippen molar-refractivity contribution in [3.05, 3.63) is 48.2 Å². The van der Waals surface area contributed by atoms with E-state index >= 15 is 0 Å². The summed E-state index contributed by atoms with van der Waals surface area (Å²) in [5.74, 6) is 1.28. The summed E-state index contributed by atoms with van der Waals surface area (Å²) in [6.07, 6.45) is 1.91. The normalized spacial score (nSPS) is 17.2. The van der Waals surface area contributed by atoms with E-state index in [4.69, 9.17) is 9.15 Å². The summed E-state index contributed by atoms with van der Waals surface area (Å²) in [7, 11) is 0. The van der Waals surface area contributed by atoms with Crippen molar-refractivity contribution < 1.29 is 13.9 Å². The fourth-order valence-electron chi connectivity index (χ4n) is 2.83. The Bertz CT molecular complexity index is 633. The molecule has 23 heavy (non-hydrogen) atoms. The molecule has 1 unspecified atom stereocenters. The van der Waals surface area contributed by atoms with Gasteiger partial charge < -0.3 is 19.4 Å². The summed E-state index contributed by atoms with van der Waals surface area (Å²) < 4.78 is 11.2. The molecule has 0 aliphatic carbocycles. The van der Waals surface area contributed by atoms with E-state index < -0.39 is 0 Å². The number of rotatable bonds is 6. The molecule has 3 rings (SSSR count). The van der Waals surface area contributed by atoms with Crippen LogP contribution in [0.3, 0.4) is 0 Å². The number of benzene rings is 1. The van der Waals surface area contributed by atoms with Crippen molar-refractivity contribution in [1.82, 2.24) is 10.2 Å². The first-order valence-electron chi connectivity index (χ1n) is 8.12. The molecule has 0 bridgehead atoms. The minimum absolute atomic E-state index is 0.0662. The molecule has 2 aromatic rings. The zero-order chi connectivity index (χ0) is 16.1. The third kappa shape index (κ3) is 3.74. The van der Waals surface area contributed by atoms with E-state index in [1.165, 1.54) is 0 Å². The maximum absolute atomic E-state index is 12.7. The first-order valence-corrected chi connectivity index (χ1v) is 8.12. The fraction of sp³-hybridized carbons (Fsp3) is 0.389. The molecule has 1 aromatic heterocycles. The maximum Gasteiger partial charge on any atom is 0.290 e. The van der Waals surface area contributed by atoms with Crippen LogP contribution in [-0.2, 0) is 0 Å². The van der Waals surface area contributed by atoms with Gasteiger partial charge in [0, 0.05) is 25.2 Å². The second-order valence-corrected chi connectivity index (χ2v) is 5.68. The van der Waals surface area contributed by atoms with Crippen LogP contribution >= 0.6 is 0 Å². The molecule has 1 aliphatic rings. The first kappa shape index (κ1) is 15.6. The Labute approximate surface area is 136 Å². The lowest BCUT2D eigenvalue weighted by Gasteiger charge is -2.27. The summed E-state index contributed by atoms with van der Waals surface area (Å²) in [4.78, 5) is 14.6. The van der Waals surface area contributed by atoms with Crippen molar-refractivity contribution in [2.45, 2.75) is 25.8 Å². The summed E-state index contributed by atoms with van der Waals surface area (Å²) in [5.41, 5.74) is 0. The second kappa shape index (κ2) is 7.33. The SMILES string of the molecule is CCCN(C(=O)c1ccc(Oc2ccccc2)o1)C1CCNC1. The van der Waals surface area contributed by atoms with Gasteiger partial charge in [-0.05, 0) is 37.6 Å². The minimum Gasteiger partial charge on any atom is -0.426 e. The number of hydrogen-bond acceptors (Lipinski definition) is 4. The molecular formula is C18H22N2O3. The molecule has 1 fully saturated rings. The number of amides is 1. The molecule has 0 spiro atoms. The lowest BCUT2D eigenvalue weighted by atomic mass is 10.2. The second-order valence-electron chi connectivity index (χ2n) is 5.68. The van der Waals surface area contributed by atoms with Crippen LogP contribution in [-0.4, -0.2) is 36.5 Å². The molecule has 1 N–H and O–H groups in total. The van der Waals surface area contributed by atoms with Crippen LogP contribution in [0.25, 0.3) is 0 Å². The number of nitrogens with one attached hydrogen (secondary N) is 1. The average Bonchev–Trinajstić information content (AvgIpc) is 3.25. The van der Waals surface area contributed by atoms with E-state index in [0.29, 0.717) is 17.5 Å². The lowest BCUT2D eigenvalue weighted by molar-refractivity contribution is 0.0654. The molecule has 5 heteroatoms. The lowest BCUT2D eigenvalue weighted by Crippen LogP contribution is -2.41. The van der Waals surface area contributed by atoms with Crippen LogP contribution in [0.5, 0.6) is 11.7 Å². The zero-order valence-electron chi connectivity index (χ0n) is 13.3. The number of ether oxygens (including phenoxy) is 1. The van der Waals surface area contributed by atoms with Crippen LogP contribution in [0.4, 0.5) is 0 Å². The predicted molar refractivity (Wildman–Crippen MR) is 87.8 cm³/mol. The van der Waals surface area contributed by atoms with Crippen molar-refractivity contribution in [1.29, 1.82) is 0 Å². The van der Waals surface area contributed by atoms with Crippen LogP contribution in [0.1, 0.15) is 30.3 Å². The number of nitrogens with zero attached hydrogens (tertiary/aromatic N) is 1. The monoisotopic (exact) mass is 314 g/mol. The summed E-state index contributed by atoms with van der Waals surface area (Å²) >= 11 is 0. The zero-order valence-corrected chi connectivity index (χ0v) is 13.3. The molecule has 1 aliphatic heterocycles. The standard InChI is InChI=1S/C18H22N2O3/c1-2-12-20(14-10-11-19-13-14)18(21)16-8-9-17(23-16)22-15-6-4-3-5-7-15/h3-9,14,19H,2,10-13H2,1H3. The van der Waals surface area contributed by atoms with Gasteiger partial charge in [-0.2, -0.15) is 0 Å². The number of hydrogen-bond donors (Lipinski definition) is 1. The van der Waals surface area contributed by atoms with Gasteiger partial charge in [-0.25, -0.2) is 0 Å². The van der Waals surface area contributed by atoms with Gasteiger partial charge in [0.1, 0.15) is 5.75 Å². The largest absolute Gasteiger partial charge is 0.426 e. The molecule has 0 radical (unpaired) electrons. The summed E-state index contributed by atoms with van der Waals surface area (Å²) in [6, 6.07) is 13.0. The van der Waals surface area contributed by atoms with Crippen LogP contribution in [0, 0.1) is 0 Å². The highest BCUT2D eigenvalue weighted by atomic mass is 16.6. The number of carbonyl (C=O) groups is 1. The van der Waals surface area contributed by atoms with Crippen molar-refractivity contribution >= 4 is 5.91 Å². The molecule has 0 saturated carbocycles. The molecule has 5 nitrogen and oxygen atoms in total. The smallest absolute Gasteiger partial charge is 0.290 e. The van der Waals surface area contributed by atoms with Crippen molar-refractivity contribution in [3.8, 4) is 11.7 Å². The summed E-state index contributed by atoms with van der Waals surface area (Å²) in [5, 5.41) is 3.31. The van der Waals surface area contributed by atoms with Crippen LogP contribution < -0.4 is 10.1 Å². The van der Waals surface area contributed by atoms with Crippen molar-refractivity contribution in [2.24, 2.45) is 0 Å². The molecule has 1 saturated heterocycles. The molecule has 1 amide bonds.